The van der Waals surface area contributed by atoms with Gasteiger partial charge in [0.2, 0.25) is 18.4 Å². The average molecular weight is 202 g/mol. The standard InChI is InChI=1S/C9H14O5/c10-7(8-11-3-1-4-12-8)9-13-5-2-6-14-9/h8-9H,1-6H2. The molecule has 5 heteroatoms. The molecule has 2 fully saturated rings. The van der Waals surface area contributed by atoms with Crippen molar-refractivity contribution in [2.24, 2.45) is 0 Å². The lowest BCUT2D eigenvalue weighted by Crippen LogP contribution is -2.43. The summed E-state index contributed by atoms with van der Waals surface area (Å²) in [6.45, 7) is 2.23. The van der Waals surface area contributed by atoms with Crippen LogP contribution in [0.5, 0.6) is 0 Å². The fraction of sp³-hybridized carbons (Fsp3) is 0.889. The highest BCUT2D eigenvalue weighted by Crippen LogP contribution is 2.13. The molecule has 0 atom stereocenters. The number of Topliss-reactive ketones (excluding diaryl/α,β-unsaturated/α-hetero) is 1. The van der Waals surface area contributed by atoms with Crippen LogP contribution < -0.4 is 0 Å². The van der Waals surface area contributed by atoms with Crippen LogP contribution in [0.4, 0.5) is 0 Å². The summed E-state index contributed by atoms with van der Waals surface area (Å²) in [5.41, 5.74) is 0. The van der Waals surface area contributed by atoms with Crippen molar-refractivity contribution in [1.82, 2.24) is 0 Å². The molecule has 2 aliphatic rings. The topological polar surface area (TPSA) is 54.0 Å². The van der Waals surface area contributed by atoms with E-state index in [0.29, 0.717) is 26.4 Å². The van der Waals surface area contributed by atoms with Crippen molar-refractivity contribution in [1.29, 1.82) is 0 Å². The molecule has 2 rings (SSSR count). The average Bonchev–Trinajstić information content (AvgIpc) is 2.30. The van der Waals surface area contributed by atoms with Crippen molar-refractivity contribution >= 4 is 5.78 Å². The van der Waals surface area contributed by atoms with Gasteiger partial charge in [0.15, 0.2) is 0 Å². The second kappa shape index (κ2) is 4.84. The van der Waals surface area contributed by atoms with Crippen molar-refractivity contribution < 1.29 is 23.7 Å². The molecule has 2 saturated heterocycles. The Bertz CT molecular complexity index is 173. The highest BCUT2D eigenvalue weighted by atomic mass is 16.7. The minimum atomic E-state index is -0.799. The Morgan fingerprint density at radius 3 is 1.50 bits per heavy atom. The predicted molar refractivity (Wildman–Crippen MR) is 45.6 cm³/mol. The van der Waals surface area contributed by atoms with Gasteiger partial charge in [-0.15, -0.1) is 0 Å². The van der Waals surface area contributed by atoms with Gasteiger partial charge in [-0.3, -0.25) is 4.79 Å². The summed E-state index contributed by atoms with van der Waals surface area (Å²) < 4.78 is 20.6. The van der Waals surface area contributed by atoms with Crippen LogP contribution in [0.3, 0.4) is 0 Å². The summed E-state index contributed by atoms with van der Waals surface area (Å²) in [5, 5.41) is 0. The van der Waals surface area contributed by atoms with E-state index in [1.165, 1.54) is 0 Å². The Balaban J connectivity index is 1.85. The van der Waals surface area contributed by atoms with Gasteiger partial charge in [0, 0.05) is 0 Å². The monoisotopic (exact) mass is 202 g/mol. The van der Waals surface area contributed by atoms with Crippen molar-refractivity contribution in [3.63, 3.8) is 0 Å². The highest BCUT2D eigenvalue weighted by molar-refractivity contribution is 5.85. The molecule has 0 bridgehead atoms. The lowest BCUT2D eigenvalue weighted by atomic mass is 10.3. The SMILES string of the molecule is O=C(C1OCCCO1)C1OCCCO1. The zero-order chi connectivity index (χ0) is 9.80. The van der Waals surface area contributed by atoms with Crippen molar-refractivity contribution in [3.05, 3.63) is 0 Å². The third kappa shape index (κ3) is 2.30. The lowest BCUT2D eigenvalue weighted by Gasteiger charge is -2.27. The van der Waals surface area contributed by atoms with Crippen LogP contribution in [0.1, 0.15) is 12.8 Å². The van der Waals surface area contributed by atoms with Gasteiger partial charge in [-0.25, -0.2) is 0 Å². The van der Waals surface area contributed by atoms with Crippen LogP contribution >= 0.6 is 0 Å². The van der Waals surface area contributed by atoms with E-state index in [1.54, 1.807) is 0 Å². The molecule has 0 saturated carbocycles. The molecule has 14 heavy (non-hydrogen) atoms. The number of ketones is 1. The van der Waals surface area contributed by atoms with E-state index < -0.39 is 12.6 Å². The highest BCUT2D eigenvalue weighted by Gasteiger charge is 2.32. The number of hydrogen-bond donors (Lipinski definition) is 0. The molecule has 0 unspecified atom stereocenters. The zero-order valence-corrected chi connectivity index (χ0v) is 7.94. The third-order valence-electron chi connectivity index (χ3n) is 2.12. The maximum absolute atomic E-state index is 11.7. The summed E-state index contributed by atoms with van der Waals surface area (Å²) in [7, 11) is 0. The number of rotatable bonds is 2. The van der Waals surface area contributed by atoms with Crippen LogP contribution in [0.15, 0.2) is 0 Å². The third-order valence-corrected chi connectivity index (χ3v) is 2.12. The maximum Gasteiger partial charge on any atom is 0.244 e. The second-order valence-corrected chi connectivity index (χ2v) is 3.26. The van der Waals surface area contributed by atoms with E-state index in [2.05, 4.69) is 0 Å². The maximum atomic E-state index is 11.7. The van der Waals surface area contributed by atoms with E-state index in [9.17, 15) is 4.79 Å². The first-order chi connectivity index (χ1) is 6.88. The fourth-order valence-electron chi connectivity index (χ4n) is 1.42. The first-order valence-corrected chi connectivity index (χ1v) is 4.88. The van der Waals surface area contributed by atoms with Gasteiger partial charge in [-0.1, -0.05) is 0 Å². The van der Waals surface area contributed by atoms with E-state index in [-0.39, 0.29) is 5.78 Å². The molecular weight excluding hydrogens is 188 g/mol. The minimum absolute atomic E-state index is 0.260. The summed E-state index contributed by atoms with van der Waals surface area (Å²) in [4.78, 5) is 11.7. The van der Waals surface area contributed by atoms with E-state index in [1.807, 2.05) is 0 Å². The summed E-state index contributed by atoms with van der Waals surface area (Å²) in [6.07, 6.45) is 0.0606. The Kier molecular flexibility index (Phi) is 3.47. The summed E-state index contributed by atoms with van der Waals surface area (Å²) in [5.74, 6) is -0.260. The Morgan fingerprint density at radius 2 is 1.14 bits per heavy atom. The smallest absolute Gasteiger partial charge is 0.244 e. The first kappa shape index (κ1) is 10.0. The molecule has 5 nitrogen and oxygen atoms in total. The molecular formula is C9H14O5. The van der Waals surface area contributed by atoms with Crippen molar-refractivity contribution in [2.75, 3.05) is 26.4 Å². The van der Waals surface area contributed by atoms with E-state index in [0.717, 1.165) is 12.8 Å². The minimum Gasteiger partial charge on any atom is -0.346 e. The normalized spacial score (nSPS) is 26.3. The zero-order valence-electron chi connectivity index (χ0n) is 7.94. The Morgan fingerprint density at radius 1 is 0.786 bits per heavy atom. The van der Waals surface area contributed by atoms with Gasteiger partial charge in [-0.2, -0.15) is 0 Å². The first-order valence-electron chi connectivity index (χ1n) is 4.88. The van der Waals surface area contributed by atoms with Crippen LogP contribution in [0.25, 0.3) is 0 Å². The lowest BCUT2D eigenvalue weighted by molar-refractivity contribution is -0.228. The van der Waals surface area contributed by atoms with Crippen LogP contribution in [-0.4, -0.2) is 44.8 Å². The predicted octanol–water partition coefficient (Wildman–Crippen LogP) is 0.0815. The molecule has 0 radical (unpaired) electrons. The van der Waals surface area contributed by atoms with Crippen molar-refractivity contribution in [3.8, 4) is 0 Å². The molecule has 0 aliphatic carbocycles. The van der Waals surface area contributed by atoms with Crippen LogP contribution in [0, 0.1) is 0 Å². The number of ether oxygens (including phenoxy) is 4. The van der Waals surface area contributed by atoms with Crippen molar-refractivity contribution in [2.45, 2.75) is 25.4 Å². The molecule has 2 heterocycles. The fourth-order valence-corrected chi connectivity index (χ4v) is 1.42. The van der Waals surface area contributed by atoms with Gasteiger partial charge in [0.25, 0.3) is 0 Å². The molecule has 0 spiro atoms. The molecule has 0 aromatic carbocycles. The van der Waals surface area contributed by atoms with E-state index in [4.69, 9.17) is 18.9 Å². The van der Waals surface area contributed by atoms with Gasteiger partial charge < -0.3 is 18.9 Å². The Labute approximate surface area is 82.3 Å². The van der Waals surface area contributed by atoms with Gasteiger partial charge >= 0.3 is 0 Å². The second-order valence-electron chi connectivity index (χ2n) is 3.26. The number of carbonyl (C=O) groups excluding carboxylic acids is 1. The summed E-state index contributed by atoms with van der Waals surface area (Å²) in [6, 6.07) is 0. The number of carbonyl (C=O) groups is 1. The number of hydrogen-bond acceptors (Lipinski definition) is 5. The molecule has 0 aromatic heterocycles. The molecule has 2 aliphatic heterocycles. The molecule has 0 N–H and O–H groups in total. The van der Waals surface area contributed by atoms with Crippen LogP contribution in [-0.2, 0) is 23.7 Å². The Hall–Kier alpha value is -0.490. The van der Waals surface area contributed by atoms with Crippen LogP contribution in [0.2, 0.25) is 0 Å². The van der Waals surface area contributed by atoms with E-state index >= 15 is 0 Å². The van der Waals surface area contributed by atoms with Gasteiger partial charge in [0.1, 0.15) is 0 Å². The summed E-state index contributed by atoms with van der Waals surface area (Å²) >= 11 is 0. The molecule has 0 amide bonds. The molecule has 0 aromatic rings. The van der Waals surface area contributed by atoms with Gasteiger partial charge in [0.05, 0.1) is 26.4 Å². The molecule has 80 valence electrons. The quantitative estimate of drug-likeness (QED) is 0.634. The largest absolute Gasteiger partial charge is 0.346 e. The van der Waals surface area contributed by atoms with Gasteiger partial charge in [-0.05, 0) is 12.8 Å².